The summed E-state index contributed by atoms with van der Waals surface area (Å²) in [5.41, 5.74) is 4.48. The van der Waals surface area contributed by atoms with Crippen molar-refractivity contribution in [3.63, 3.8) is 0 Å². The molecule has 0 saturated carbocycles. The Hall–Kier alpha value is -3.26. The molecule has 0 aliphatic carbocycles. The highest BCUT2D eigenvalue weighted by Gasteiger charge is 2.21. The highest BCUT2D eigenvalue weighted by molar-refractivity contribution is 6.14. The molecule has 0 spiro atoms. The fraction of sp³-hybridized carbons (Fsp3) is 0.417. The Morgan fingerprint density at radius 3 is 2.66 bits per heavy atom. The number of benzene rings is 1. The molecule has 170 valence electrons. The predicted octanol–water partition coefficient (Wildman–Crippen LogP) is 3.57. The van der Waals surface area contributed by atoms with Crippen LogP contribution in [0.4, 0.5) is 5.69 Å². The first-order valence-electron chi connectivity index (χ1n) is 10.8. The first-order valence-corrected chi connectivity index (χ1v) is 10.8. The minimum Gasteiger partial charge on any atom is -0.384 e. The fourth-order valence-electron chi connectivity index (χ4n) is 3.37. The Labute approximate surface area is 189 Å². The molecule has 8 heteroatoms. The summed E-state index contributed by atoms with van der Waals surface area (Å²) in [7, 11) is 4.11. The number of aromatic amines is 1. The predicted molar refractivity (Wildman–Crippen MR) is 130 cm³/mol. The van der Waals surface area contributed by atoms with Crippen LogP contribution in [0.5, 0.6) is 0 Å². The number of hydrogen-bond acceptors (Lipinski definition) is 6. The van der Waals surface area contributed by atoms with Crippen LogP contribution in [0.25, 0.3) is 11.2 Å². The van der Waals surface area contributed by atoms with Gasteiger partial charge in [0.2, 0.25) is 0 Å². The largest absolute Gasteiger partial charge is 0.384 e. The van der Waals surface area contributed by atoms with Crippen LogP contribution in [0.15, 0.2) is 30.6 Å². The maximum absolute atomic E-state index is 12.7. The molecule has 1 amide bonds. The molecule has 0 saturated heterocycles. The SMILES string of the molecule is Cc1ccc(C(=N)c2cnc3[nH]cc(C(=O)NC(C)(C)C)c3n2)c(NCCCN(C)C)c1. The number of amides is 1. The van der Waals surface area contributed by atoms with Crippen molar-refractivity contribution in [2.24, 2.45) is 0 Å². The smallest absolute Gasteiger partial charge is 0.255 e. The number of aromatic nitrogens is 3. The van der Waals surface area contributed by atoms with E-state index in [1.54, 1.807) is 12.4 Å². The summed E-state index contributed by atoms with van der Waals surface area (Å²) in [5, 5.41) is 15.2. The number of hydrogen-bond donors (Lipinski definition) is 4. The molecular formula is C24H33N7O. The number of aryl methyl sites for hydroxylation is 1. The lowest BCUT2D eigenvalue weighted by molar-refractivity contribution is 0.0921. The van der Waals surface area contributed by atoms with Crippen LogP contribution in [0.2, 0.25) is 0 Å². The van der Waals surface area contributed by atoms with E-state index in [1.165, 1.54) is 0 Å². The van der Waals surface area contributed by atoms with Gasteiger partial charge in [0.1, 0.15) is 11.2 Å². The molecule has 0 atom stereocenters. The van der Waals surface area contributed by atoms with Crippen molar-refractivity contribution >= 4 is 28.5 Å². The third kappa shape index (κ3) is 5.70. The van der Waals surface area contributed by atoms with Gasteiger partial charge >= 0.3 is 0 Å². The van der Waals surface area contributed by atoms with Gasteiger partial charge in [-0.1, -0.05) is 12.1 Å². The Morgan fingerprint density at radius 1 is 1.22 bits per heavy atom. The van der Waals surface area contributed by atoms with Crippen LogP contribution in [0.1, 0.15) is 54.4 Å². The molecule has 0 aliphatic heterocycles. The summed E-state index contributed by atoms with van der Waals surface area (Å²) in [6.07, 6.45) is 4.18. The maximum atomic E-state index is 12.7. The molecule has 3 aromatic rings. The van der Waals surface area contributed by atoms with E-state index in [2.05, 4.69) is 44.6 Å². The second-order valence-corrected chi connectivity index (χ2v) is 9.37. The van der Waals surface area contributed by atoms with Gasteiger partial charge in [-0.25, -0.2) is 9.97 Å². The second kappa shape index (κ2) is 9.48. The highest BCUT2D eigenvalue weighted by atomic mass is 16.1. The van der Waals surface area contributed by atoms with E-state index in [0.717, 1.165) is 36.3 Å². The lowest BCUT2D eigenvalue weighted by Crippen LogP contribution is -2.40. The van der Waals surface area contributed by atoms with Crippen molar-refractivity contribution in [1.29, 1.82) is 5.41 Å². The zero-order valence-electron chi connectivity index (χ0n) is 19.8. The van der Waals surface area contributed by atoms with E-state index < -0.39 is 0 Å². The standard InChI is InChI=1S/C24H33N7O/c1-15-8-9-16(18(12-15)26-10-7-11-31(5)6)20(25)19-14-28-22-21(29-19)17(13-27-22)23(32)30-24(2,3)4/h8-9,12-14,25-26H,7,10-11H2,1-6H3,(H,27,28)(H,30,32). The highest BCUT2D eigenvalue weighted by Crippen LogP contribution is 2.22. The molecule has 32 heavy (non-hydrogen) atoms. The van der Waals surface area contributed by atoms with Gasteiger partial charge in [-0.15, -0.1) is 0 Å². The summed E-state index contributed by atoms with van der Waals surface area (Å²) in [6.45, 7) is 9.61. The summed E-state index contributed by atoms with van der Waals surface area (Å²) in [4.78, 5) is 26.9. The lowest BCUT2D eigenvalue weighted by Gasteiger charge is -2.20. The molecule has 0 aliphatic rings. The van der Waals surface area contributed by atoms with Crippen molar-refractivity contribution < 1.29 is 4.79 Å². The van der Waals surface area contributed by atoms with Crippen LogP contribution in [0, 0.1) is 12.3 Å². The minimum atomic E-state index is -0.368. The number of fused-ring (bicyclic) bond motifs is 1. The van der Waals surface area contributed by atoms with Crippen molar-refractivity contribution in [2.45, 2.75) is 39.7 Å². The fourth-order valence-corrected chi connectivity index (χ4v) is 3.37. The van der Waals surface area contributed by atoms with E-state index in [0.29, 0.717) is 22.4 Å². The molecule has 0 unspecified atom stereocenters. The normalized spacial score (nSPS) is 11.7. The molecule has 8 nitrogen and oxygen atoms in total. The monoisotopic (exact) mass is 435 g/mol. The molecule has 0 radical (unpaired) electrons. The average molecular weight is 436 g/mol. The topological polar surface area (TPSA) is 110 Å². The third-order valence-electron chi connectivity index (χ3n) is 4.91. The van der Waals surface area contributed by atoms with Gasteiger partial charge in [-0.2, -0.15) is 0 Å². The number of carbonyl (C=O) groups is 1. The van der Waals surface area contributed by atoms with Gasteiger partial charge in [-0.05, 0) is 66.4 Å². The van der Waals surface area contributed by atoms with Crippen LogP contribution >= 0.6 is 0 Å². The van der Waals surface area contributed by atoms with Crippen molar-refractivity contribution in [1.82, 2.24) is 25.2 Å². The van der Waals surface area contributed by atoms with Gasteiger partial charge in [0.15, 0.2) is 5.65 Å². The molecule has 3 rings (SSSR count). The van der Waals surface area contributed by atoms with Crippen molar-refractivity contribution in [2.75, 3.05) is 32.5 Å². The first-order chi connectivity index (χ1) is 15.0. The molecule has 2 heterocycles. The van der Waals surface area contributed by atoms with Crippen LogP contribution in [0.3, 0.4) is 0 Å². The molecule has 1 aromatic carbocycles. The minimum absolute atomic E-state index is 0.222. The Balaban J connectivity index is 1.90. The van der Waals surface area contributed by atoms with Gasteiger partial charge in [-0.3, -0.25) is 10.2 Å². The average Bonchev–Trinajstić information content (AvgIpc) is 3.13. The van der Waals surface area contributed by atoms with E-state index >= 15 is 0 Å². The number of carbonyl (C=O) groups excluding carboxylic acids is 1. The van der Waals surface area contributed by atoms with Gasteiger partial charge in [0, 0.05) is 29.5 Å². The summed E-state index contributed by atoms with van der Waals surface area (Å²) < 4.78 is 0. The summed E-state index contributed by atoms with van der Waals surface area (Å²) >= 11 is 0. The van der Waals surface area contributed by atoms with E-state index in [-0.39, 0.29) is 17.2 Å². The van der Waals surface area contributed by atoms with Gasteiger partial charge < -0.3 is 20.5 Å². The lowest BCUT2D eigenvalue weighted by atomic mass is 10.0. The quantitative estimate of drug-likeness (QED) is 0.319. The van der Waals surface area contributed by atoms with Crippen LogP contribution in [-0.2, 0) is 0 Å². The third-order valence-corrected chi connectivity index (χ3v) is 4.91. The van der Waals surface area contributed by atoms with E-state index in [4.69, 9.17) is 5.41 Å². The molecule has 2 aromatic heterocycles. The molecule has 0 fully saturated rings. The van der Waals surface area contributed by atoms with E-state index in [1.807, 2.05) is 45.9 Å². The number of rotatable bonds is 8. The number of H-pyrrole nitrogens is 1. The van der Waals surface area contributed by atoms with Gasteiger partial charge in [0.25, 0.3) is 5.91 Å². The van der Waals surface area contributed by atoms with Crippen LogP contribution in [-0.4, -0.2) is 64.2 Å². The summed E-state index contributed by atoms with van der Waals surface area (Å²) in [5.74, 6) is -0.222. The molecule has 4 N–H and O–H groups in total. The zero-order valence-corrected chi connectivity index (χ0v) is 19.8. The molecular weight excluding hydrogens is 402 g/mol. The maximum Gasteiger partial charge on any atom is 0.255 e. The number of anilines is 1. The Bertz CT molecular complexity index is 1130. The van der Waals surface area contributed by atoms with Crippen molar-refractivity contribution in [3.8, 4) is 0 Å². The van der Waals surface area contributed by atoms with E-state index in [9.17, 15) is 4.79 Å². The zero-order chi connectivity index (χ0) is 23.5. The summed E-state index contributed by atoms with van der Waals surface area (Å²) in [6, 6.07) is 5.96. The van der Waals surface area contributed by atoms with Crippen molar-refractivity contribution in [3.05, 3.63) is 53.0 Å². The Morgan fingerprint density at radius 2 is 1.97 bits per heavy atom. The first kappa shape index (κ1) is 23.4. The van der Waals surface area contributed by atoms with Crippen LogP contribution < -0.4 is 10.6 Å². The van der Waals surface area contributed by atoms with Gasteiger partial charge in [0.05, 0.1) is 17.5 Å². The number of nitrogens with one attached hydrogen (secondary N) is 4. The second-order valence-electron chi connectivity index (χ2n) is 9.37. The molecule has 0 bridgehead atoms. The number of nitrogens with zero attached hydrogens (tertiary/aromatic N) is 3. The Kier molecular flexibility index (Phi) is 6.93.